The van der Waals surface area contributed by atoms with E-state index in [-0.39, 0.29) is 6.10 Å². The van der Waals surface area contributed by atoms with Crippen LogP contribution in [0, 0.1) is 11.3 Å². The summed E-state index contributed by atoms with van der Waals surface area (Å²) in [7, 11) is 0. The molecule has 0 radical (unpaired) electrons. The fraction of sp³-hybridized carbons (Fsp3) is 0.417. The zero-order valence-corrected chi connectivity index (χ0v) is 9.94. The first-order chi connectivity index (χ1) is 8.29. The lowest BCUT2D eigenvalue weighted by Crippen LogP contribution is -2.33. The number of nitriles is 1. The van der Waals surface area contributed by atoms with Crippen LogP contribution in [0.25, 0.3) is 0 Å². The first-order valence-corrected chi connectivity index (χ1v) is 5.69. The predicted molar refractivity (Wildman–Crippen MR) is 62.2 cm³/mol. The van der Waals surface area contributed by atoms with Crippen molar-refractivity contribution < 1.29 is 14.2 Å². The molecule has 4 nitrogen and oxygen atoms in total. The van der Waals surface area contributed by atoms with E-state index in [4.69, 9.17) is 31.1 Å². The molecule has 0 spiro atoms. The molecule has 0 bridgehead atoms. The van der Waals surface area contributed by atoms with Crippen molar-refractivity contribution in [1.82, 2.24) is 0 Å². The van der Waals surface area contributed by atoms with Crippen molar-refractivity contribution in [3.05, 3.63) is 28.8 Å². The second-order valence-electron chi connectivity index (χ2n) is 3.63. The van der Waals surface area contributed by atoms with E-state index >= 15 is 0 Å². The van der Waals surface area contributed by atoms with Crippen LogP contribution in [0.2, 0.25) is 5.02 Å². The molecule has 1 fully saturated rings. The highest BCUT2D eigenvalue weighted by atomic mass is 35.5. The van der Waals surface area contributed by atoms with Gasteiger partial charge in [0, 0.05) is 6.07 Å². The van der Waals surface area contributed by atoms with E-state index in [0.717, 1.165) is 0 Å². The van der Waals surface area contributed by atoms with E-state index in [1.807, 2.05) is 6.07 Å². The summed E-state index contributed by atoms with van der Waals surface area (Å²) in [6, 6.07) is 6.98. The van der Waals surface area contributed by atoms with Crippen LogP contribution in [0.1, 0.15) is 5.56 Å². The molecule has 0 aliphatic carbocycles. The molecule has 1 heterocycles. The van der Waals surface area contributed by atoms with Gasteiger partial charge in [-0.05, 0) is 12.1 Å². The minimum absolute atomic E-state index is 0.0434. The largest absolute Gasteiger partial charge is 0.491 e. The van der Waals surface area contributed by atoms with E-state index in [1.54, 1.807) is 18.2 Å². The van der Waals surface area contributed by atoms with Gasteiger partial charge in [0.25, 0.3) is 0 Å². The topological polar surface area (TPSA) is 51.5 Å². The summed E-state index contributed by atoms with van der Waals surface area (Å²) < 4.78 is 16.2. The fourth-order valence-corrected chi connectivity index (χ4v) is 1.71. The zero-order valence-electron chi connectivity index (χ0n) is 9.19. The molecule has 2 rings (SSSR count). The summed E-state index contributed by atoms with van der Waals surface area (Å²) in [5.41, 5.74) is 0.441. The third kappa shape index (κ3) is 3.34. The van der Waals surface area contributed by atoms with E-state index in [1.165, 1.54) is 0 Å². The Hall–Kier alpha value is -1.28. The molecule has 1 saturated heterocycles. The predicted octanol–water partition coefficient (Wildman–Crippen LogP) is 2.01. The average Bonchev–Trinajstić information content (AvgIpc) is 2.38. The van der Waals surface area contributed by atoms with E-state index < -0.39 is 0 Å². The number of hydrogen-bond acceptors (Lipinski definition) is 4. The Balaban J connectivity index is 1.90. The fourth-order valence-electron chi connectivity index (χ4n) is 1.50. The van der Waals surface area contributed by atoms with Crippen molar-refractivity contribution >= 4 is 11.6 Å². The van der Waals surface area contributed by atoms with Crippen molar-refractivity contribution in [2.24, 2.45) is 0 Å². The van der Waals surface area contributed by atoms with Gasteiger partial charge in [0.2, 0.25) is 0 Å². The maximum Gasteiger partial charge on any atom is 0.121 e. The highest BCUT2D eigenvalue weighted by Gasteiger charge is 2.15. The summed E-state index contributed by atoms with van der Waals surface area (Å²) in [4.78, 5) is 0. The van der Waals surface area contributed by atoms with Crippen molar-refractivity contribution in [3.63, 3.8) is 0 Å². The molecule has 17 heavy (non-hydrogen) atoms. The number of benzene rings is 1. The standard InChI is InChI=1S/C12H12ClNO3/c13-12-5-10(2-1-9(12)6-14)17-8-11-7-15-3-4-16-11/h1-2,5,11H,3-4,7-8H2. The van der Waals surface area contributed by atoms with Gasteiger partial charge in [-0.25, -0.2) is 0 Å². The molecule has 1 aromatic carbocycles. The molecule has 5 heteroatoms. The molecule has 0 aromatic heterocycles. The summed E-state index contributed by atoms with van der Waals surface area (Å²) in [5, 5.41) is 9.13. The molecule has 1 unspecified atom stereocenters. The zero-order chi connectivity index (χ0) is 12.1. The van der Waals surface area contributed by atoms with Crippen LogP contribution in [0.15, 0.2) is 18.2 Å². The first kappa shape index (κ1) is 12.2. The summed E-state index contributed by atoms with van der Waals surface area (Å²) in [5.74, 6) is 0.628. The number of hydrogen-bond donors (Lipinski definition) is 0. The minimum Gasteiger partial charge on any atom is -0.491 e. The van der Waals surface area contributed by atoms with Gasteiger partial charge in [0.15, 0.2) is 0 Å². The third-order valence-corrected chi connectivity index (χ3v) is 2.69. The Bertz CT molecular complexity index is 424. The summed E-state index contributed by atoms with van der Waals surface area (Å²) in [6.45, 7) is 2.20. The summed E-state index contributed by atoms with van der Waals surface area (Å²) in [6.07, 6.45) is -0.0434. The molecule has 90 valence electrons. The average molecular weight is 254 g/mol. The normalized spacial score (nSPS) is 19.6. The smallest absolute Gasteiger partial charge is 0.121 e. The molecule has 1 aliphatic rings. The molecule has 0 saturated carbocycles. The molecule has 0 amide bonds. The minimum atomic E-state index is -0.0434. The Morgan fingerprint density at radius 1 is 1.47 bits per heavy atom. The van der Waals surface area contributed by atoms with Gasteiger partial charge in [-0.1, -0.05) is 11.6 Å². The van der Waals surface area contributed by atoms with Crippen molar-refractivity contribution in [1.29, 1.82) is 5.26 Å². The van der Waals surface area contributed by atoms with Crippen LogP contribution >= 0.6 is 11.6 Å². The molecule has 0 N–H and O–H groups in total. The lowest BCUT2D eigenvalue weighted by molar-refractivity contribution is -0.101. The highest BCUT2D eigenvalue weighted by Crippen LogP contribution is 2.22. The van der Waals surface area contributed by atoms with Crippen molar-refractivity contribution in [2.45, 2.75) is 6.10 Å². The first-order valence-electron chi connectivity index (χ1n) is 5.31. The number of rotatable bonds is 3. The SMILES string of the molecule is N#Cc1ccc(OCC2COCCO2)cc1Cl. The van der Waals surface area contributed by atoms with Gasteiger partial charge < -0.3 is 14.2 Å². The van der Waals surface area contributed by atoms with E-state index in [2.05, 4.69) is 0 Å². The second kappa shape index (κ2) is 5.87. The molecule has 1 aliphatic heterocycles. The maximum absolute atomic E-state index is 8.73. The van der Waals surface area contributed by atoms with E-state index in [0.29, 0.717) is 42.8 Å². The number of halogens is 1. The van der Waals surface area contributed by atoms with Gasteiger partial charge in [-0.15, -0.1) is 0 Å². The van der Waals surface area contributed by atoms with Crippen LogP contribution in [-0.2, 0) is 9.47 Å². The molecular weight excluding hydrogens is 242 g/mol. The van der Waals surface area contributed by atoms with E-state index in [9.17, 15) is 0 Å². The highest BCUT2D eigenvalue weighted by molar-refractivity contribution is 6.31. The Morgan fingerprint density at radius 3 is 3.00 bits per heavy atom. The van der Waals surface area contributed by atoms with Gasteiger partial charge in [-0.3, -0.25) is 0 Å². The van der Waals surface area contributed by atoms with Gasteiger partial charge >= 0.3 is 0 Å². The number of nitrogens with zero attached hydrogens (tertiary/aromatic N) is 1. The monoisotopic (exact) mass is 253 g/mol. The van der Waals surface area contributed by atoms with Crippen LogP contribution in [0.3, 0.4) is 0 Å². The van der Waals surface area contributed by atoms with Crippen LogP contribution in [0.5, 0.6) is 5.75 Å². The number of ether oxygens (including phenoxy) is 3. The second-order valence-corrected chi connectivity index (χ2v) is 4.04. The summed E-state index contributed by atoms with van der Waals surface area (Å²) >= 11 is 5.89. The Labute approximate surface area is 105 Å². The Kier molecular flexibility index (Phi) is 4.21. The third-order valence-electron chi connectivity index (χ3n) is 2.38. The molecule has 1 aromatic rings. The molecular formula is C12H12ClNO3. The molecule has 1 atom stereocenters. The van der Waals surface area contributed by atoms with Crippen LogP contribution in [-0.4, -0.2) is 32.5 Å². The van der Waals surface area contributed by atoms with Crippen molar-refractivity contribution in [2.75, 3.05) is 26.4 Å². The Morgan fingerprint density at radius 2 is 2.35 bits per heavy atom. The van der Waals surface area contributed by atoms with Crippen LogP contribution < -0.4 is 4.74 Å². The lowest BCUT2D eigenvalue weighted by Gasteiger charge is -2.22. The van der Waals surface area contributed by atoms with Gasteiger partial charge in [-0.2, -0.15) is 5.26 Å². The quantitative estimate of drug-likeness (QED) is 0.827. The van der Waals surface area contributed by atoms with Gasteiger partial charge in [0.1, 0.15) is 24.5 Å². The lowest BCUT2D eigenvalue weighted by atomic mass is 10.2. The van der Waals surface area contributed by atoms with Crippen molar-refractivity contribution in [3.8, 4) is 11.8 Å². The van der Waals surface area contributed by atoms with Gasteiger partial charge in [0.05, 0.1) is 30.4 Å². The van der Waals surface area contributed by atoms with Crippen LogP contribution in [0.4, 0.5) is 0 Å². The maximum atomic E-state index is 8.73.